The molecule has 0 radical (unpaired) electrons. The molecule has 4 nitrogen and oxygen atoms in total. The number of nitro benzene ring substituents is 1. The number of alkyl halides is 5. The van der Waals surface area contributed by atoms with Crippen LogP contribution < -0.4 is 0 Å². The molecule has 0 amide bonds. The van der Waals surface area contributed by atoms with Crippen molar-refractivity contribution in [1.29, 1.82) is 0 Å². The Bertz CT molecular complexity index is 525. The SMILES string of the molecule is O=C(CCC(F)(F)C(F)(F)[18F])Cc1ccc([N+](=O)[O-])cc1. The van der Waals surface area contributed by atoms with E-state index in [-0.39, 0.29) is 12.1 Å². The molecular weight excluding hydrogens is 300 g/mol. The lowest BCUT2D eigenvalue weighted by molar-refractivity contribution is -0.384. The van der Waals surface area contributed by atoms with Crippen LogP contribution in [0.25, 0.3) is 0 Å². The maximum atomic E-state index is 12.6. The van der Waals surface area contributed by atoms with Crippen LogP contribution in [0.4, 0.5) is 27.6 Å². The Hall–Kier alpha value is -2.06. The molecule has 21 heavy (non-hydrogen) atoms. The molecule has 0 bridgehead atoms. The largest absolute Gasteiger partial charge is 0.453 e. The first-order chi connectivity index (χ1) is 9.53. The van der Waals surface area contributed by atoms with E-state index in [0.717, 1.165) is 12.1 Å². The highest BCUT2D eigenvalue weighted by Gasteiger charge is 2.56. The lowest BCUT2D eigenvalue weighted by atomic mass is 10.0. The van der Waals surface area contributed by atoms with E-state index in [9.17, 15) is 36.9 Å². The normalized spacial score (nSPS) is 12.2. The molecule has 9 heteroatoms. The number of halogens is 5. The second-order valence-corrected chi connectivity index (χ2v) is 4.34. The van der Waals surface area contributed by atoms with E-state index in [0.29, 0.717) is 5.56 Å². The third kappa shape index (κ3) is 4.76. The molecule has 1 aromatic rings. The molecule has 0 fully saturated rings. The third-order valence-electron chi connectivity index (χ3n) is 2.68. The summed E-state index contributed by atoms with van der Waals surface area (Å²) in [6.45, 7) is 0. The van der Waals surface area contributed by atoms with E-state index in [2.05, 4.69) is 0 Å². The van der Waals surface area contributed by atoms with E-state index in [1.165, 1.54) is 12.1 Å². The smallest absolute Gasteiger partial charge is 0.299 e. The average Bonchev–Trinajstić information content (AvgIpc) is 2.36. The maximum absolute atomic E-state index is 12.6. The van der Waals surface area contributed by atoms with Gasteiger partial charge in [0.2, 0.25) is 0 Å². The monoisotopic (exact) mass is 310 g/mol. The van der Waals surface area contributed by atoms with Gasteiger partial charge in [-0.05, 0) is 5.56 Å². The number of benzene rings is 1. The molecule has 0 heterocycles. The van der Waals surface area contributed by atoms with Gasteiger partial charge in [0.15, 0.2) is 0 Å². The summed E-state index contributed by atoms with van der Waals surface area (Å²) in [4.78, 5) is 21.1. The molecule has 1 aromatic carbocycles. The van der Waals surface area contributed by atoms with Gasteiger partial charge in [-0.1, -0.05) is 12.1 Å². The number of hydrogen-bond acceptors (Lipinski definition) is 3. The van der Waals surface area contributed by atoms with Gasteiger partial charge in [-0.25, -0.2) is 0 Å². The number of carbonyl (C=O) groups is 1. The van der Waals surface area contributed by atoms with Crippen molar-refractivity contribution < 1.29 is 31.7 Å². The first kappa shape index (κ1) is 17.0. The molecule has 0 aromatic heterocycles. The number of nitro groups is 1. The molecule has 0 unspecified atom stereocenters. The van der Waals surface area contributed by atoms with Gasteiger partial charge in [-0.2, -0.15) is 22.0 Å². The van der Waals surface area contributed by atoms with E-state index < -0.39 is 35.6 Å². The predicted octanol–water partition coefficient (Wildman–Crippen LogP) is 3.68. The van der Waals surface area contributed by atoms with Crippen LogP contribution in [0.15, 0.2) is 24.3 Å². The fourth-order valence-corrected chi connectivity index (χ4v) is 1.49. The number of nitrogens with zero attached hydrogens (tertiary/aromatic N) is 1. The highest BCUT2D eigenvalue weighted by atomic mass is 19.3. The lowest BCUT2D eigenvalue weighted by Gasteiger charge is -2.18. The molecule has 0 aliphatic heterocycles. The predicted molar refractivity (Wildman–Crippen MR) is 62.0 cm³/mol. The molecule has 0 aliphatic rings. The van der Waals surface area contributed by atoms with Crippen LogP contribution in [-0.2, 0) is 11.2 Å². The quantitative estimate of drug-likeness (QED) is 0.457. The molecule has 0 saturated heterocycles. The number of carbonyl (C=O) groups excluding carboxylic acids is 1. The summed E-state index contributed by atoms with van der Waals surface area (Å²) in [7, 11) is 0. The molecular formula is C12H10F5NO3. The Kier molecular flexibility index (Phi) is 4.97. The van der Waals surface area contributed by atoms with Crippen molar-refractivity contribution in [2.24, 2.45) is 0 Å². The van der Waals surface area contributed by atoms with Crippen LogP contribution >= 0.6 is 0 Å². The Morgan fingerprint density at radius 3 is 2.05 bits per heavy atom. The summed E-state index contributed by atoms with van der Waals surface area (Å²) in [5, 5.41) is 10.4. The maximum Gasteiger partial charge on any atom is 0.453 e. The second-order valence-electron chi connectivity index (χ2n) is 4.34. The van der Waals surface area contributed by atoms with Gasteiger partial charge in [-0.3, -0.25) is 14.9 Å². The number of ketones is 1. The summed E-state index contributed by atoms with van der Waals surface area (Å²) in [6, 6.07) is 4.73. The van der Waals surface area contributed by atoms with E-state index in [4.69, 9.17) is 0 Å². The standard InChI is InChI=1S/C12H10F5NO3/c13-11(14,12(15,16)17)6-5-10(19)7-8-1-3-9(4-2-8)18(20)21/h1-4H,5-7H2/i15-1. The zero-order valence-corrected chi connectivity index (χ0v) is 10.5. The van der Waals surface area contributed by atoms with Gasteiger partial charge in [0.1, 0.15) is 5.78 Å². The molecule has 0 spiro atoms. The van der Waals surface area contributed by atoms with Gasteiger partial charge in [0.05, 0.1) is 4.92 Å². The van der Waals surface area contributed by atoms with Crippen molar-refractivity contribution in [1.82, 2.24) is 0 Å². The number of rotatable bonds is 6. The van der Waals surface area contributed by atoms with Crippen LogP contribution in [0.2, 0.25) is 0 Å². The van der Waals surface area contributed by atoms with Gasteiger partial charge < -0.3 is 0 Å². The van der Waals surface area contributed by atoms with Crippen molar-refractivity contribution in [2.75, 3.05) is 0 Å². The van der Waals surface area contributed by atoms with Gasteiger partial charge in [0.25, 0.3) is 5.69 Å². The zero-order chi connectivity index (χ0) is 16.3. The molecule has 1 rings (SSSR count). The Labute approximate surface area is 115 Å². The molecule has 116 valence electrons. The van der Waals surface area contributed by atoms with Crippen LogP contribution in [0.5, 0.6) is 0 Å². The highest BCUT2D eigenvalue weighted by molar-refractivity contribution is 5.80. The average molecular weight is 310 g/mol. The summed E-state index contributed by atoms with van der Waals surface area (Å²) >= 11 is 0. The van der Waals surface area contributed by atoms with Gasteiger partial charge in [-0.15, -0.1) is 0 Å². The van der Waals surface area contributed by atoms with E-state index in [1.807, 2.05) is 0 Å². The zero-order valence-electron chi connectivity index (χ0n) is 10.5. The summed E-state index contributed by atoms with van der Waals surface area (Å²) < 4.78 is 61.0. The Morgan fingerprint density at radius 1 is 1.10 bits per heavy atom. The Balaban J connectivity index is 2.56. The first-order valence-corrected chi connectivity index (χ1v) is 5.72. The topological polar surface area (TPSA) is 60.2 Å². The minimum atomic E-state index is -5.68. The third-order valence-corrected chi connectivity index (χ3v) is 2.68. The molecule has 0 N–H and O–H groups in total. The van der Waals surface area contributed by atoms with Crippen LogP contribution in [0, 0.1) is 10.1 Å². The van der Waals surface area contributed by atoms with Crippen molar-refractivity contribution in [3.05, 3.63) is 39.9 Å². The molecule has 0 aliphatic carbocycles. The second kappa shape index (κ2) is 6.15. The van der Waals surface area contributed by atoms with Crippen LogP contribution in [0.1, 0.15) is 18.4 Å². The minimum Gasteiger partial charge on any atom is -0.299 e. The summed E-state index contributed by atoms with van der Waals surface area (Å²) in [6.07, 6.45) is -8.57. The van der Waals surface area contributed by atoms with E-state index >= 15 is 0 Å². The fraction of sp³-hybridized carbons (Fsp3) is 0.417. The fourth-order valence-electron chi connectivity index (χ4n) is 1.49. The summed E-state index contributed by atoms with van der Waals surface area (Å²) in [5.41, 5.74) is 0.0933. The number of Topliss-reactive ketones (excluding diaryl/α,β-unsaturated/α-hetero) is 1. The van der Waals surface area contributed by atoms with Crippen molar-refractivity contribution in [2.45, 2.75) is 31.4 Å². The summed E-state index contributed by atoms with van der Waals surface area (Å²) in [5.74, 6) is -5.70. The van der Waals surface area contributed by atoms with Crippen molar-refractivity contribution in [3.63, 3.8) is 0 Å². The van der Waals surface area contributed by atoms with E-state index in [1.54, 1.807) is 0 Å². The van der Waals surface area contributed by atoms with Crippen molar-refractivity contribution >= 4 is 11.5 Å². The molecule has 0 atom stereocenters. The number of non-ortho nitro benzene ring substituents is 1. The molecule has 0 saturated carbocycles. The number of hydrogen-bond donors (Lipinski definition) is 0. The lowest BCUT2D eigenvalue weighted by Crippen LogP contribution is -2.36. The Morgan fingerprint density at radius 2 is 1.62 bits per heavy atom. The highest BCUT2D eigenvalue weighted by Crippen LogP contribution is 2.38. The van der Waals surface area contributed by atoms with Crippen molar-refractivity contribution in [3.8, 4) is 0 Å². The first-order valence-electron chi connectivity index (χ1n) is 5.72. The minimum absolute atomic E-state index is 0.213. The van der Waals surface area contributed by atoms with Crippen LogP contribution in [-0.4, -0.2) is 22.8 Å². The van der Waals surface area contributed by atoms with Crippen LogP contribution in [0.3, 0.4) is 0 Å². The van der Waals surface area contributed by atoms with Gasteiger partial charge in [0, 0.05) is 31.4 Å². The van der Waals surface area contributed by atoms with Gasteiger partial charge >= 0.3 is 12.1 Å².